The summed E-state index contributed by atoms with van der Waals surface area (Å²) in [7, 11) is 0. The molecule has 0 saturated carbocycles. The second kappa shape index (κ2) is 8.35. The molecule has 0 bridgehead atoms. The van der Waals surface area contributed by atoms with E-state index in [9.17, 15) is 9.59 Å². The molecule has 0 spiro atoms. The van der Waals surface area contributed by atoms with Crippen LogP contribution in [0.3, 0.4) is 0 Å². The van der Waals surface area contributed by atoms with Crippen LogP contribution in [-0.4, -0.2) is 21.1 Å². The lowest BCUT2D eigenvalue weighted by Crippen LogP contribution is -2.39. The van der Waals surface area contributed by atoms with E-state index in [-0.39, 0.29) is 18.2 Å². The molecule has 7 heteroatoms. The molecular weight excluding hydrogens is 362 g/mol. The molecule has 2 heterocycles. The van der Waals surface area contributed by atoms with Gasteiger partial charge < -0.3 is 10.1 Å². The van der Waals surface area contributed by atoms with Crippen molar-refractivity contribution in [3.63, 3.8) is 0 Å². The highest BCUT2D eigenvalue weighted by atomic mass is 32.1. The summed E-state index contributed by atoms with van der Waals surface area (Å²) in [5.41, 5.74) is 0.463. The van der Waals surface area contributed by atoms with Gasteiger partial charge in [-0.2, -0.15) is 3.96 Å². The SMILES string of the molecule is CC1C=CC=c2c(sn(C(=O)NCc3cccnc3OC(C)C)c2=O)=CC1. The van der Waals surface area contributed by atoms with Gasteiger partial charge >= 0.3 is 6.03 Å². The smallest absolute Gasteiger partial charge is 0.338 e. The maximum Gasteiger partial charge on any atom is 0.338 e. The van der Waals surface area contributed by atoms with E-state index < -0.39 is 6.03 Å². The summed E-state index contributed by atoms with van der Waals surface area (Å²) in [6.07, 6.45) is 10.2. The van der Waals surface area contributed by atoms with Crippen molar-refractivity contribution in [1.82, 2.24) is 14.3 Å². The first-order valence-corrected chi connectivity index (χ1v) is 9.73. The van der Waals surface area contributed by atoms with Gasteiger partial charge in [0.25, 0.3) is 5.56 Å². The van der Waals surface area contributed by atoms with Crippen molar-refractivity contribution in [2.24, 2.45) is 5.92 Å². The summed E-state index contributed by atoms with van der Waals surface area (Å²) in [4.78, 5) is 29.4. The lowest BCUT2D eigenvalue weighted by molar-refractivity contribution is 0.228. The molecule has 1 N–H and O–H groups in total. The summed E-state index contributed by atoms with van der Waals surface area (Å²) < 4.78 is 7.66. The monoisotopic (exact) mass is 385 g/mol. The molecule has 0 saturated heterocycles. The number of carbonyl (C=O) groups excluding carboxylic acids is 1. The minimum atomic E-state index is -0.449. The van der Waals surface area contributed by atoms with E-state index in [1.165, 1.54) is 15.5 Å². The first kappa shape index (κ1) is 19.1. The van der Waals surface area contributed by atoms with Crippen LogP contribution in [0.15, 0.2) is 35.3 Å². The molecule has 1 amide bonds. The molecule has 6 nitrogen and oxygen atoms in total. The van der Waals surface area contributed by atoms with Gasteiger partial charge in [0.05, 0.1) is 15.9 Å². The van der Waals surface area contributed by atoms with Gasteiger partial charge in [-0.05, 0) is 49.9 Å². The molecule has 2 aromatic rings. The number of rotatable bonds is 4. The molecule has 1 atom stereocenters. The number of ether oxygens (including phenoxy) is 1. The van der Waals surface area contributed by atoms with Crippen LogP contribution in [0.2, 0.25) is 0 Å². The summed E-state index contributed by atoms with van der Waals surface area (Å²) in [5.74, 6) is 0.887. The minimum Gasteiger partial charge on any atom is -0.475 e. The third-order valence-corrected chi connectivity index (χ3v) is 5.16. The number of allylic oxidation sites excluding steroid dienone is 2. The summed E-state index contributed by atoms with van der Waals surface area (Å²) in [5, 5.41) is 3.35. The first-order valence-electron chi connectivity index (χ1n) is 8.95. The largest absolute Gasteiger partial charge is 0.475 e. The van der Waals surface area contributed by atoms with Gasteiger partial charge in [-0.15, -0.1) is 0 Å². The Bertz CT molecular complexity index is 1030. The third kappa shape index (κ3) is 4.54. The van der Waals surface area contributed by atoms with Crippen LogP contribution in [0.1, 0.15) is 32.8 Å². The summed E-state index contributed by atoms with van der Waals surface area (Å²) >= 11 is 1.17. The Morgan fingerprint density at radius 2 is 2.30 bits per heavy atom. The topological polar surface area (TPSA) is 73.2 Å². The molecule has 1 unspecified atom stereocenters. The van der Waals surface area contributed by atoms with Crippen LogP contribution in [-0.2, 0) is 6.54 Å². The third-order valence-electron chi connectivity index (χ3n) is 4.06. The molecule has 27 heavy (non-hydrogen) atoms. The van der Waals surface area contributed by atoms with Crippen molar-refractivity contribution < 1.29 is 9.53 Å². The predicted molar refractivity (Wildman–Crippen MR) is 107 cm³/mol. The number of pyridine rings is 1. The van der Waals surface area contributed by atoms with Crippen LogP contribution in [0.25, 0.3) is 12.2 Å². The number of nitrogens with zero attached hydrogens (tertiary/aromatic N) is 2. The van der Waals surface area contributed by atoms with E-state index in [1.807, 2.05) is 32.1 Å². The molecule has 2 aromatic heterocycles. The van der Waals surface area contributed by atoms with Crippen LogP contribution >= 0.6 is 11.5 Å². The molecule has 0 radical (unpaired) electrons. The van der Waals surface area contributed by atoms with E-state index in [0.29, 0.717) is 17.0 Å². The molecule has 0 aliphatic heterocycles. The average molecular weight is 385 g/mol. The van der Waals surface area contributed by atoms with Gasteiger partial charge in [-0.3, -0.25) is 4.79 Å². The lowest BCUT2D eigenvalue weighted by Gasteiger charge is -2.13. The zero-order valence-electron chi connectivity index (χ0n) is 15.6. The van der Waals surface area contributed by atoms with Crippen molar-refractivity contribution in [1.29, 1.82) is 0 Å². The van der Waals surface area contributed by atoms with Gasteiger partial charge in [-0.25, -0.2) is 9.78 Å². The molecule has 1 aliphatic carbocycles. The predicted octanol–water partition coefficient (Wildman–Crippen LogP) is 2.01. The Labute approximate surface area is 161 Å². The van der Waals surface area contributed by atoms with Gasteiger partial charge in [0.15, 0.2) is 0 Å². The number of fused-ring (bicyclic) bond motifs is 1. The Morgan fingerprint density at radius 3 is 3.07 bits per heavy atom. The number of aromatic nitrogens is 2. The Morgan fingerprint density at radius 1 is 1.48 bits per heavy atom. The highest BCUT2D eigenvalue weighted by Gasteiger charge is 2.14. The molecule has 142 valence electrons. The standard InChI is InChI=1S/C20H23N3O3S/c1-13(2)26-18-15(7-5-11-21-18)12-22-20(25)23-19(24)16-8-4-6-14(3)9-10-17(16)27-23/h4-8,10-11,13-14H,9,12H2,1-3H3,(H,22,25). The molecule has 3 rings (SSSR count). The zero-order chi connectivity index (χ0) is 19.4. The Kier molecular flexibility index (Phi) is 5.91. The van der Waals surface area contributed by atoms with Gasteiger partial charge in [-0.1, -0.05) is 31.2 Å². The van der Waals surface area contributed by atoms with Gasteiger partial charge in [0, 0.05) is 18.3 Å². The normalized spacial score (nSPS) is 15.9. The molecule has 0 fully saturated rings. The Balaban J connectivity index is 1.82. The van der Waals surface area contributed by atoms with Crippen LogP contribution in [0.5, 0.6) is 5.88 Å². The molecule has 0 aromatic carbocycles. The fourth-order valence-electron chi connectivity index (χ4n) is 2.68. The van der Waals surface area contributed by atoms with Crippen LogP contribution < -0.4 is 25.4 Å². The lowest BCUT2D eigenvalue weighted by atomic mass is 10.1. The second-order valence-corrected chi connectivity index (χ2v) is 7.72. The van der Waals surface area contributed by atoms with E-state index >= 15 is 0 Å². The van der Waals surface area contributed by atoms with Gasteiger partial charge in [0.1, 0.15) is 0 Å². The highest BCUT2D eigenvalue weighted by molar-refractivity contribution is 7.05. The quantitative estimate of drug-likeness (QED) is 0.874. The van der Waals surface area contributed by atoms with Crippen molar-refractivity contribution in [3.8, 4) is 5.88 Å². The zero-order valence-corrected chi connectivity index (χ0v) is 16.5. The molecule has 1 aliphatic rings. The number of hydrogen-bond acceptors (Lipinski definition) is 5. The average Bonchev–Trinajstić information content (AvgIpc) is 2.92. The van der Waals surface area contributed by atoms with E-state index in [2.05, 4.69) is 23.3 Å². The summed E-state index contributed by atoms with van der Waals surface area (Å²) in [6, 6.07) is 3.18. The van der Waals surface area contributed by atoms with E-state index in [4.69, 9.17) is 4.74 Å². The first-order chi connectivity index (χ1) is 13.0. The van der Waals surface area contributed by atoms with Crippen molar-refractivity contribution in [2.45, 2.75) is 39.8 Å². The van der Waals surface area contributed by atoms with Crippen molar-refractivity contribution in [2.75, 3.05) is 0 Å². The van der Waals surface area contributed by atoms with Crippen LogP contribution in [0, 0.1) is 5.92 Å². The fourth-order valence-corrected chi connectivity index (χ4v) is 3.63. The highest BCUT2D eigenvalue weighted by Crippen LogP contribution is 2.15. The van der Waals surface area contributed by atoms with E-state index in [0.717, 1.165) is 16.5 Å². The van der Waals surface area contributed by atoms with Crippen LogP contribution in [0.4, 0.5) is 4.79 Å². The number of amides is 1. The maximum atomic E-state index is 12.6. The minimum absolute atomic E-state index is 0.0182. The van der Waals surface area contributed by atoms with Gasteiger partial charge in [0.2, 0.25) is 5.88 Å². The Hall–Kier alpha value is -2.67. The maximum absolute atomic E-state index is 12.6. The second-order valence-electron chi connectivity index (χ2n) is 6.73. The number of hydrogen-bond donors (Lipinski definition) is 1. The number of nitrogens with one attached hydrogen (secondary N) is 1. The van der Waals surface area contributed by atoms with Crippen molar-refractivity contribution >= 4 is 29.7 Å². The molecular formula is C20H23N3O3S. The van der Waals surface area contributed by atoms with E-state index in [1.54, 1.807) is 18.3 Å². The summed E-state index contributed by atoms with van der Waals surface area (Å²) in [6.45, 7) is 6.18. The number of carbonyl (C=O) groups is 1. The fraction of sp³-hybridized carbons (Fsp3) is 0.350. The van der Waals surface area contributed by atoms with Crippen molar-refractivity contribution in [3.05, 3.63) is 56.1 Å².